The monoisotopic (exact) mass is 319 g/mol. The normalized spacial score (nSPS) is 17.6. The van der Waals surface area contributed by atoms with Crippen molar-refractivity contribution in [3.8, 4) is 0 Å². The second kappa shape index (κ2) is 6.98. The van der Waals surface area contributed by atoms with Crippen LogP contribution >= 0.6 is 11.3 Å². The summed E-state index contributed by atoms with van der Waals surface area (Å²) >= 11 is 1.45. The number of benzene rings is 1. The molecule has 1 saturated heterocycles. The highest BCUT2D eigenvalue weighted by Gasteiger charge is 2.16. The quantitative estimate of drug-likeness (QED) is 0.889. The lowest BCUT2D eigenvalue weighted by atomic mass is 10.1. The summed E-state index contributed by atoms with van der Waals surface area (Å²) in [5, 5.41) is 8.89. The molecule has 6 heteroatoms. The molecule has 2 N–H and O–H groups in total. The number of hydrogen-bond acceptors (Lipinski definition) is 4. The molecule has 1 aromatic carbocycles. The Morgan fingerprint density at radius 1 is 1.41 bits per heavy atom. The van der Waals surface area contributed by atoms with Crippen LogP contribution < -0.4 is 10.6 Å². The van der Waals surface area contributed by atoms with E-state index in [-0.39, 0.29) is 11.7 Å². The molecule has 1 amide bonds. The van der Waals surface area contributed by atoms with E-state index in [0.717, 1.165) is 23.5 Å². The van der Waals surface area contributed by atoms with Gasteiger partial charge >= 0.3 is 0 Å². The van der Waals surface area contributed by atoms with Gasteiger partial charge in [0, 0.05) is 24.4 Å². The largest absolute Gasteiger partial charge is 0.349 e. The fraction of sp³-hybridized carbons (Fsp3) is 0.375. The molecule has 1 aliphatic rings. The minimum absolute atomic E-state index is 0.129. The van der Waals surface area contributed by atoms with E-state index < -0.39 is 0 Å². The van der Waals surface area contributed by atoms with Gasteiger partial charge < -0.3 is 10.6 Å². The lowest BCUT2D eigenvalue weighted by Gasteiger charge is -2.10. The lowest BCUT2D eigenvalue weighted by Crippen LogP contribution is -2.37. The summed E-state index contributed by atoms with van der Waals surface area (Å²) in [6.45, 7) is 1.67. The van der Waals surface area contributed by atoms with Crippen LogP contribution in [-0.4, -0.2) is 30.0 Å². The van der Waals surface area contributed by atoms with Gasteiger partial charge in [-0.15, -0.1) is 11.3 Å². The molecule has 2 heterocycles. The fourth-order valence-corrected chi connectivity index (χ4v) is 3.32. The average molecular weight is 319 g/mol. The van der Waals surface area contributed by atoms with Gasteiger partial charge in [-0.25, -0.2) is 9.37 Å². The van der Waals surface area contributed by atoms with Crippen LogP contribution in [0.2, 0.25) is 0 Å². The molecule has 0 aliphatic carbocycles. The highest BCUT2D eigenvalue weighted by atomic mass is 32.1. The third-order valence-corrected chi connectivity index (χ3v) is 4.57. The Morgan fingerprint density at radius 3 is 2.95 bits per heavy atom. The fourth-order valence-electron chi connectivity index (χ4n) is 2.51. The first-order chi connectivity index (χ1) is 10.7. The van der Waals surface area contributed by atoms with Crippen molar-refractivity contribution in [3.63, 3.8) is 0 Å². The van der Waals surface area contributed by atoms with Crippen molar-refractivity contribution in [2.24, 2.45) is 0 Å². The van der Waals surface area contributed by atoms with Crippen molar-refractivity contribution in [1.29, 1.82) is 0 Å². The number of aromatic nitrogens is 1. The number of carbonyl (C=O) groups excluding carboxylic acids is 1. The summed E-state index contributed by atoms with van der Waals surface area (Å²) < 4.78 is 12.9. The van der Waals surface area contributed by atoms with Crippen LogP contribution in [0.4, 0.5) is 4.39 Å². The van der Waals surface area contributed by atoms with Crippen LogP contribution in [0, 0.1) is 5.82 Å². The molecule has 2 aromatic rings. The third-order valence-electron chi connectivity index (χ3n) is 3.72. The first-order valence-corrected chi connectivity index (χ1v) is 8.29. The molecular weight excluding hydrogens is 301 g/mol. The molecule has 1 fully saturated rings. The van der Waals surface area contributed by atoms with E-state index in [4.69, 9.17) is 0 Å². The molecule has 4 nitrogen and oxygen atoms in total. The summed E-state index contributed by atoms with van der Waals surface area (Å²) in [4.78, 5) is 16.4. The van der Waals surface area contributed by atoms with E-state index in [0.29, 0.717) is 24.7 Å². The summed E-state index contributed by atoms with van der Waals surface area (Å²) in [6, 6.07) is 6.72. The van der Waals surface area contributed by atoms with Gasteiger partial charge in [-0.05, 0) is 37.1 Å². The van der Waals surface area contributed by atoms with E-state index >= 15 is 0 Å². The molecular formula is C16H18FN3OS. The van der Waals surface area contributed by atoms with Gasteiger partial charge in [0.25, 0.3) is 5.91 Å². The van der Waals surface area contributed by atoms with E-state index in [1.807, 2.05) is 0 Å². The Bertz CT molecular complexity index is 635. The molecule has 1 aromatic heterocycles. The predicted octanol–water partition coefficient (Wildman–Crippen LogP) is 2.35. The molecule has 0 spiro atoms. The zero-order valence-electron chi connectivity index (χ0n) is 12.1. The van der Waals surface area contributed by atoms with Crippen LogP contribution in [-0.2, 0) is 6.42 Å². The first kappa shape index (κ1) is 15.1. The Kier molecular flexibility index (Phi) is 4.80. The zero-order valence-corrected chi connectivity index (χ0v) is 13.0. The summed E-state index contributed by atoms with van der Waals surface area (Å²) in [7, 11) is 0. The molecule has 1 aliphatic heterocycles. The molecule has 0 bridgehead atoms. The standard InChI is InChI=1S/C16H18FN3OS/c17-12-5-3-11(4-6-12)8-15-20-14(10-22-15)16(21)19-9-13-2-1-7-18-13/h3-6,10,13,18H,1-2,7-9H2,(H,19,21). The Balaban J connectivity index is 1.55. The molecule has 116 valence electrons. The number of amides is 1. The number of rotatable bonds is 5. The topological polar surface area (TPSA) is 54.0 Å². The van der Waals surface area contributed by atoms with Crippen molar-refractivity contribution in [1.82, 2.24) is 15.6 Å². The van der Waals surface area contributed by atoms with E-state index in [1.165, 1.54) is 29.9 Å². The van der Waals surface area contributed by atoms with Crippen molar-refractivity contribution in [2.45, 2.75) is 25.3 Å². The van der Waals surface area contributed by atoms with Crippen molar-refractivity contribution >= 4 is 17.2 Å². The van der Waals surface area contributed by atoms with Crippen molar-refractivity contribution in [2.75, 3.05) is 13.1 Å². The summed E-state index contributed by atoms with van der Waals surface area (Å²) in [6.07, 6.45) is 2.88. The molecule has 3 rings (SSSR count). The molecule has 1 atom stereocenters. The van der Waals surface area contributed by atoms with Crippen LogP contribution in [0.15, 0.2) is 29.6 Å². The maximum atomic E-state index is 12.9. The van der Waals surface area contributed by atoms with Gasteiger partial charge in [0.15, 0.2) is 0 Å². The second-order valence-corrected chi connectivity index (χ2v) is 6.38. The van der Waals surface area contributed by atoms with Crippen LogP contribution in [0.25, 0.3) is 0 Å². The minimum Gasteiger partial charge on any atom is -0.349 e. The van der Waals surface area contributed by atoms with Gasteiger partial charge in [-0.3, -0.25) is 4.79 Å². The maximum absolute atomic E-state index is 12.9. The number of nitrogens with one attached hydrogen (secondary N) is 2. The Hall–Kier alpha value is -1.79. The molecule has 0 saturated carbocycles. The molecule has 0 radical (unpaired) electrons. The Morgan fingerprint density at radius 2 is 2.23 bits per heavy atom. The Labute approximate surface area is 132 Å². The number of nitrogens with zero attached hydrogens (tertiary/aromatic N) is 1. The van der Waals surface area contributed by atoms with Gasteiger partial charge in [0.05, 0.1) is 5.01 Å². The number of hydrogen-bond donors (Lipinski definition) is 2. The average Bonchev–Trinajstić information content (AvgIpc) is 3.19. The van der Waals surface area contributed by atoms with Crippen LogP contribution in [0.1, 0.15) is 33.9 Å². The van der Waals surface area contributed by atoms with E-state index in [1.54, 1.807) is 17.5 Å². The molecule has 22 heavy (non-hydrogen) atoms. The SMILES string of the molecule is O=C(NCC1CCCN1)c1csc(Cc2ccc(F)cc2)n1. The van der Waals surface area contributed by atoms with Crippen molar-refractivity contribution < 1.29 is 9.18 Å². The smallest absolute Gasteiger partial charge is 0.270 e. The number of halogens is 1. The number of carbonyl (C=O) groups is 1. The highest BCUT2D eigenvalue weighted by molar-refractivity contribution is 7.09. The van der Waals surface area contributed by atoms with Crippen LogP contribution in [0.5, 0.6) is 0 Å². The zero-order chi connectivity index (χ0) is 15.4. The summed E-state index contributed by atoms with van der Waals surface area (Å²) in [5.41, 5.74) is 1.44. The lowest BCUT2D eigenvalue weighted by molar-refractivity contribution is 0.0946. The first-order valence-electron chi connectivity index (χ1n) is 7.41. The van der Waals surface area contributed by atoms with Crippen molar-refractivity contribution in [3.05, 3.63) is 51.7 Å². The van der Waals surface area contributed by atoms with Crippen LogP contribution in [0.3, 0.4) is 0 Å². The van der Waals surface area contributed by atoms with Gasteiger partial charge in [0.2, 0.25) is 0 Å². The summed E-state index contributed by atoms with van der Waals surface area (Å²) in [5.74, 6) is -0.376. The maximum Gasteiger partial charge on any atom is 0.270 e. The van der Waals surface area contributed by atoms with Gasteiger partial charge in [0.1, 0.15) is 11.5 Å². The highest BCUT2D eigenvalue weighted by Crippen LogP contribution is 2.15. The minimum atomic E-state index is -0.247. The van der Waals surface area contributed by atoms with E-state index in [9.17, 15) is 9.18 Å². The van der Waals surface area contributed by atoms with E-state index in [2.05, 4.69) is 15.6 Å². The van der Waals surface area contributed by atoms with Gasteiger partial charge in [-0.1, -0.05) is 12.1 Å². The molecule has 1 unspecified atom stereocenters. The second-order valence-electron chi connectivity index (χ2n) is 5.43. The van der Waals surface area contributed by atoms with Gasteiger partial charge in [-0.2, -0.15) is 0 Å². The number of thiazole rings is 1. The predicted molar refractivity (Wildman–Crippen MR) is 84.7 cm³/mol. The third kappa shape index (κ3) is 3.90.